The van der Waals surface area contributed by atoms with Gasteiger partial charge in [0.05, 0.1) is 26.9 Å². The highest BCUT2D eigenvalue weighted by Crippen LogP contribution is 2.68. The molecule has 6 nitrogen and oxygen atoms in total. The summed E-state index contributed by atoms with van der Waals surface area (Å²) in [5, 5.41) is 0. The van der Waals surface area contributed by atoms with E-state index < -0.39 is 0 Å². The Bertz CT molecular complexity index is 838. The Balaban J connectivity index is 0.00000408. The zero-order valence-electron chi connectivity index (χ0n) is 22.6. The third-order valence-corrected chi connectivity index (χ3v) is 8.79. The quantitative estimate of drug-likeness (QED) is 0.399. The Morgan fingerprint density at radius 3 is 1.97 bits per heavy atom. The van der Waals surface area contributed by atoms with Crippen molar-refractivity contribution in [3.8, 4) is 17.2 Å². The van der Waals surface area contributed by atoms with Crippen LogP contribution in [0.5, 0.6) is 17.2 Å². The molecule has 34 heavy (non-hydrogen) atoms. The maximum Gasteiger partial charge on any atom is 0.338 e. The topological polar surface area (TPSA) is 57.2 Å². The molecule has 194 valence electrons. The second-order valence-corrected chi connectivity index (χ2v) is 11.1. The van der Waals surface area contributed by atoms with Gasteiger partial charge in [-0.1, -0.05) is 20.8 Å². The van der Waals surface area contributed by atoms with E-state index in [2.05, 4.69) is 53.4 Å². The summed E-state index contributed by atoms with van der Waals surface area (Å²) in [6.07, 6.45) is 2.13. The van der Waals surface area contributed by atoms with E-state index in [4.69, 9.17) is 18.9 Å². The summed E-state index contributed by atoms with van der Waals surface area (Å²) in [7, 11) is 4.65. The predicted molar refractivity (Wildman–Crippen MR) is 138 cm³/mol. The lowest BCUT2D eigenvalue weighted by molar-refractivity contribution is -0.0491. The van der Waals surface area contributed by atoms with Crippen LogP contribution in [0.1, 0.15) is 71.7 Å². The van der Waals surface area contributed by atoms with Gasteiger partial charge in [0.2, 0.25) is 5.75 Å². The Morgan fingerprint density at radius 2 is 1.53 bits per heavy atom. The van der Waals surface area contributed by atoms with Crippen molar-refractivity contribution < 1.29 is 23.7 Å². The standard InChI is InChI=1S/C27H43NO5.ClH/c1-16(2)28(17(3)4)15-19-20-11-12-27(7,26(20,5)6)24(19)33-25(29)18-13-21(30-8)23(32-10)22(14-18)31-9;/h13-14,16-17,19-20,24H,11-12,15H2,1-10H3;1H. The molecule has 0 amide bonds. The van der Waals surface area contributed by atoms with Crippen molar-refractivity contribution in [2.24, 2.45) is 22.7 Å². The van der Waals surface area contributed by atoms with E-state index in [1.165, 1.54) is 6.42 Å². The normalized spacial score (nSPS) is 27.1. The first-order valence-electron chi connectivity index (χ1n) is 12.2. The molecular weight excluding hydrogens is 454 g/mol. The minimum atomic E-state index is -0.338. The first-order chi connectivity index (χ1) is 15.4. The summed E-state index contributed by atoms with van der Waals surface area (Å²) in [5.41, 5.74) is 0.465. The number of esters is 1. The minimum Gasteiger partial charge on any atom is -0.493 e. The lowest BCUT2D eigenvalue weighted by Crippen LogP contribution is -2.47. The number of carbonyl (C=O) groups is 1. The first-order valence-corrected chi connectivity index (χ1v) is 12.2. The number of carbonyl (C=O) groups excluding carboxylic acids is 1. The Hall–Kier alpha value is -1.66. The molecule has 7 heteroatoms. The van der Waals surface area contributed by atoms with E-state index in [9.17, 15) is 4.79 Å². The van der Waals surface area contributed by atoms with Crippen LogP contribution in [-0.4, -0.2) is 56.9 Å². The Labute approximate surface area is 212 Å². The summed E-state index contributed by atoms with van der Waals surface area (Å²) in [6, 6.07) is 4.22. The van der Waals surface area contributed by atoms with Crippen molar-refractivity contribution >= 4 is 18.4 Å². The molecule has 0 heterocycles. The fourth-order valence-corrected chi connectivity index (χ4v) is 6.59. The smallest absolute Gasteiger partial charge is 0.338 e. The summed E-state index contributed by atoms with van der Waals surface area (Å²) in [6.45, 7) is 17.0. The predicted octanol–water partition coefficient (Wildman–Crippen LogP) is 5.85. The summed E-state index contributed by atoms with van der Waals surface area (Å²) < 4.78 is 22.7. The maximum atomic E-state index is 13.5. The highest BCUT2D eigenvalue weighted by molar-refractivity contribution is 5.91. The monoisotopic (exact) mass is 497 g/mol. The number of halogens is 1. The first kappa shape index (κ1) is 28.6. The molecule has 1 aromatic rings. The molecule has 0 N–H and O–H groups in total. The maximum absolute atomic E-state index is 13.5. The Kier molecular flexibility index (Phi) is 8.85. The van der Waals surface area contributed by atoms with E-state index in [-0.39, 0.29) is 35.3 Å². The zero-order chi connectivity index (χ0) is 24.7. The van der Waals surface area contributed by atoms with Crippen molar-refractivity contribution in [1.29, 1.82) is 0 Å². The lowest BCUT2D eigenvalue weighted by atomic mass is 9.70. The largest absolute Gasteiger partial charge is 0.493 e. The van der Waals surface area contributed by atoms with Gasteiger partial charge in [-0.2, -0.15) is 0 Å². The fourth-order valence-electron chi connectivity index (χ4n) is 6.59. The highest BCUT2D eigenvalue weighted by atomic mass is 35.5. The SMILES string of the molecule is COc1cc(C(=O)OC2C(CN(C(C)C)C(C)C)C3CCC2(C)C3(C)C)cc(OC)c1OC.Cl. The summed E-state index contributed by atoms with van der Waals surface area (Å²) in [4.78, 5) is 16.0. The lowest BCUT2D eigenvalue weighted by Gasteiger charge is -2.41. The molecule has 3 rings (SSSR count). The second kappa shape index (κ2) is 10.5. The van der Waals surface area contributed by atoms with Gasteiger partial charge in [0, 0.05) is 30.0 Å². The van der Waals surface area contributed by atoms with Gasteiger partial charge in [-0.15, -0.1) is 12.4 Å². The number of hydrogen-bond donors (Lipinski definition) is 0. The van der Waals surface area contributed by atoms with Gasteiger partial charge in [-0.3, -0.25) is 4.90 Å². The van der Waals surface area contributed by atoms with Crippen molar-refractivity contribution in [1.82, 2.24) is 4.90 Å². The van der Waals surface area contributed by atoms with Crippen molar-refractivity contribution in [2.45, 2.75) is 79.5 Å². The number of hydrogen-bond acceptors (Lipinski definition) is 6. The number of ether oxygens (including phenoxy) is 4. The van der Waals surface area contributed by atoms with Gasteiger partial charge in [0.1, 0.15) is 6.10 Å². The van der Waals surface area contributed by atoms with Crippen LogP contribution in [0.2, 0.25) is 0 Å². The van der Waals surface area contributed by atoms with Gasteiger partial charge in [0.15, 0.2) is 11.5 Å². The van der Waals surface area contributed by atoms with E-state index in [1.54, 1.807) is 33.5 Å². The van der Waals surface area contributed by atoms with E-state index in [0.717, 1.165) is 13.0 Å². The molecule has 4 atom stereocenters. The molecule has 2 fully saturated rings. The van der Waals surface area contributed by atoms with Crippen LogP contribution in [0.15, 0.2) is 12.1 Å². The van der Waals surface area contributed by atoms with Crippen LogP contribution >= 0.6 is 12.4 Å². The number of methoxy groups -OCH3 is 3. The molecule has 0 aliphatic heterocycles. The van der Waals surface area contributed by atoms with Gasteiger partial charge in [0.25, 0.3) is 0 Å². The van der Waals surface area contributed by atoms with Crippen molar-refractivity contribution in [2.75, 3.05) is 27.9 Å². The average molecular weight is 498 g/mol. The molecular formula is C27H44ClNO5. The number of rotatable bonds is 9. The van der Waals surface area contributed by atoms with Gasteiger partial charge < -0.3 is 18.9 Å². The van der Waals surface area contributed by atoms with Crippen molar-refractivity contribution in [3.05, 3.63) is 17.7 Å². The molecule has 0 radical (unpaired) electrons. The van der Waals surface area contributed by atoms with Gasteiger partial charge >= 0.3 is 5.97 Å². The molecule has 0 spiro atoms. The van der Waals surface area contributed by atoms with Gasteiger partial charge in [-0.05, 0) is 64.0 Å². The van der Waals surface area contributed by atoms with Crippen molar-refractivity contribution in [3.63, 3.8) is 0 Å². The van der Waals surface area contributed by atoms with Crippen LogP contribution in [0, 0.1) is 22.7 Å². The molecule has 1 aromatic carbocycles. The van der Waals surface area contributed by atoms with E-state index >= 15 is 0 Å². The average Bonchev–Trinajstić information content (AvgIpc) is 3.08. The van der Waals surface area contributed by atoms with Crippen LogP contribution in [0.4, 0.5) is 0 Å². The highest BCUT2D eigenvalue weighted by Gasteiger charge is 2.67. The fraction of sp³-hybridized carbons (Fsp3) is 0.741. The molecule has 2 aliphatic carbocycles. The van der Waals surface area contributed by atoms with Crippen LogP contribution in [-0.2, 0) is 4.74 Å². The third-order valence-electron chi connectivity index (χ3n) is 8.79. The van der Waals surface area contributed by atoms with Crippen LogP contribution in [0.3, 0.4) is 0 Å². The summed E-state index contributed by atoms with van der Waals surface area (Å²) >= 11 is 0. The number of nitrogens with zero attached hydrogens (tertiary/aromatic N) is 1. The second-order valence-electron chi connectivity index (χ2n) is 11.1. The van der Waals surface area contributed by atoms with Crippen LogP contribution < -0.4 is 14.2 Å². The number of benzene rings is 1. The molecule has 2 bridgehead atoms. The van der Waals surface area contributed by atoms with Crippen LogP contribution in [0.25, 0.3) is 0 Å². The molecule has 0 aromatic heterocycles. The molecule has 2 saturated carbocycles. The molecule has 2 aliphatic rings. The Morgan fingerprint density at radius 1 is 1.00 bits per heavy atom. The van der Waals surface area contributed by atoms with E-state index in [1.807, 2.05) is 0 Å². The van der Waals surface area contributed by atoms with E-state index in [0.29, 0.717) is 46.7 Å². The summed E-state index contributed by atoms with van der Waals surface area (Å²) in [5.74, 6) is 1.85. The molecule has 0 saturated heterocycles. The van der Waals surface area contributed by atoms with Gasteiger partial charge in [-0.25, -0.2) is 4.79 Å². The zero-order valence-corrected chi connectivity index (χ0v) is 23.4. The minimum absolute atomic E-state index is 0. The molecule has 4 unspecified atom stereocenters. The third kappa shape index (κ3) is 4.60. The number of fused-ring (bicyclic) bond motifs is 2.